The molecule has 2 rings (SSSR count). The monoisotopic (exact) mass is 207 g/mol. The third kappa shape index (κ3) is 1.26. The fourth-order valence-corrected chi connectivity index (χ4v) is 1.73. The average Bonchev–Trinajstić information content (AvgIpc) is 2.10. The van der Waals surface area contributed by atoms with Crippen LogP contribution in [0.25, 0.3) is 10.8 Å². The first-order chi connectivity index (χ1) is 6.59. The molecule has 0 spiro atoms. The van der Waals surface area contributed by atoms with E-state index in [-0.39, 0.29) is 0 Å². The Balaban J connectivity index is 2.95. The van der Waals surface area contributed by atoms with Gasteiger partial charge in [-0.2, -0.15) is 0 Å². The highest BCUT2D eigenvalue weighted by molar-refractivity contribution is 6.37. The molecule has 0 unspecified atom stereocenters. The topological polar surface area (TPSA) is 64.9 Å². The molecule has 1 heterocycles. The van der Waals surface area contributed by atoms with E-state index in [0.717, 1.165) is 16.3 Å². The Kier molecular flexibility index (Phi) is 1.97. The Morgan fingerprint density at radius 3 is 2.71 bits per heavy atom. The lowest BCUT2D eigenvalue weighted by Gasteiger charge is -2.06. The van der Waals surface area contributed by atoms with Crippen LogP contribution < -0.4 is 11.5 Å². The average molecular weight is 208 g/mol. The summed E-state index contributed by atoms with van der Waals surface area (Å²) in [5.41, 5.74) is 12.3. The van der Waals surface area contributed by atoms with E-state index >= 15 is 0 Å². The Hall–Kier alpha value is -1.48. The largest absolute Gasteiger partial charge is 0.384 e. The van der Waals surface area contributed by atoms with Crippen molar-refractivity contribution < 1.29 is 0 Å². The van der Waals surface area contributed by atoms with Gasteiger partial charge in [0, 0.05) is 5.39 Å². The van der Waals surface area contributed by atoms with Gasteiger partial charge in [-0.3, -0.25) is 0 Å². The van der Waals surface area contributed by atoms with E-state index in [1.807, 2.05) is 19.1 Å². The number of nitrogen functional groups attached to an aromatic ring is 2. The zero-order valence-corrected chi connectivity index (χ0v) is 8.47. The molecular weight excluding hydrogens is 198 g/mol. The van der Waals surface area contributed by atoms with E-state index in [2.05, 4.69) is 4.98 Å². The van der Waals surface area contributed by atoms with Crippen LogP contribution >= 0.6 is 11.6 Å². The third-order valence-electron chi connectivity index (χ3n) is 2.18. The number of hydrogen-bond acceptors (Lipinski definition) is 3. The number of halogens is 1. The smallest absolute Gasteiger partial charge is 0.135 e. The maximum absolute atomic E-state index is 6.12. The first-order valence-corrected chi connectivity index (χ1v) is 4.58. The quantitative estimate of drug-likeness (QED) is 0.697. The molecule has 4 heteroatoms. The molecule has 0 fully saturated rings. The summed E-state index contributed by atoms with van der Waals surface area (Å²) in [6.45, 7) is 1.93. The molecule has 14 heavy (non-hydrogen) atoms. The van der Waals surface area contributed by atoms with Crippen LogP contribution in [-0.2, 0) is 0 Å². The first-order valence-electron chi connectivity index (χ1n) is 4.20. The number of nitrogens with zero attached hydrogens (tertiary/aromatic N) is 1. The number of nitrogens with two attached hydrogens (primary N) is 2. The van der Waals surface area contributed by atoms with E-state index in [1.165, 1.54) is 0 Å². The molecular formula is C10H10ClN3. The molecule has 72 valence electrons. The lowest BCUT2D eigenvalue weighted by atomic mass is 10.1. The van der Waals surface area contributed by atoms with Crippen LogP contribution in [0, 0.1) is 6.92 Å². The van der Waals surface area contributed by atoms with Crippen LogP contribution in [0.1, 0.15) is 5.56 Å². The molecule has 0 atom stereocenters. The van der Waals surface area contributed by atoms with Gasteiger partial charge in [-0.15, -0.1) is 0 Å². The maximum atomic E-state index is 6.12. The van der Waals surface area contributed by atoms with Crippen LogP contribution in [0.5, 0.6) is 0 Å². The Labute approximate surface area is 86.7 Å². The number of fused-ring (bicyclic) bond motifs is 1. The van der Waals surface area contributed by atoms with E-state index in [4.69, 9.17) is 23.1 Å². The van der Waals surface area contributed by atoms with Gasteiger partial charge in [0.2, 0.25) is 0 Å². The first kappa shape index (κ1) is 9.09. The molecule has 0 aliphatic rings. The van der Waals surface area contributed by atoms with E-state index in [0.29, 0.717) is 16.7 Å². The standard InChI is InChI=1S/C10H10ClN3/c1-5-2-3-6-4-7(12)14-10(13)8(6)9(5)11/h2-4H,1H3,(H4,12,13,14). The SMILES string of the molecule is Cc1ccc2cc(N)nc(N)c2c1Cl. The Morgan fingerprint density at radius 1 is 1.29 bits per heavy atom. The molecule has 0 aliphatic carbocycles. The van der Waals surface area contributed by atoms with Crippen molar-refractivity contribution in [1.29, 1.82) is 0 Å². The van der Waals surface area contributed by atoms with Crippen LogP contribution in [0.4, 0.5) is 11.6 Å². The summed E-state index contributed by atoms with van der Waals surface area (Å²) < 4.78 is 0. The van der Waals surface area contributed by atoms with E-state index < -0.39 is 0 Å². The highest BCUT2D eigenvalue weighted by Gasteiger charge is 2.07. The van der Waals surface area contributed by atoms with Gasteiger partial charge in [0.05, 0.1) is 5.02 Å². The highest BCUT2D eigenvalue weighted by Crippen LogP contribution is 2.31. The van der Waals surface area contributed by atoms with Crippen LogP contribution in [-0.4, -0.2) is 4.98 Å². The molecule has 0 aliphatic heterocycles. The summed E-state index contributed by atoms with van der Waals surface area (Å²) in [5.74, 6) is 0.795. The zero-order valence-electron chi connectivity index (χ0n) is 7.71. The van der Waals surface area contributed by atoms with Crippen LogP contribution in [0.2, 0.25) is 5.02 Å². The number of aromatic nitrogens is 1. The van der Waals surface area contributed by atoms with Gasteiger partial charge in [0.15, 0.2) is 0 Å². The van der Waals surface area contributed by atoms with Gasteiger partial charge in [0.1, 0.15) is 11.6 Å². The second-order valence-electron chi connectivity index (χ2n) is 3.23. The van der Waals surface area contributed by atoms with Crippen molar-refractivity contribution in [3.63, 3.8) is 0 Å². The fourth-order valence-electron chi connectivity index (χ4n) is 1.46. The number of hydrogen-bond donors (Lipinski definition) is 2. The van der Waals surface area contributed by atoms with Gasteiger partial charge in [0.25, 0.3) is 0 Å². The van der Waals surface area contributed by atoms with E-state index in [9.17, 15) is 0 Å². The number of anilines is 2. The van der Waals surface area contributed by atoms with Gasteiger partial charge in [-0.25, -0.2) is 4.98 Å². The van der Waals surface area contributed by atoms with Crippen molar-refractivity contribution in [1.82, 2.24) is 4.98 Å². The summed E-state index contributed by atoms with van der Waals surface area (Å²) in [7, 11) is 0. The van der Waals surface area contributed by atoms with Gasteiger partial charge < -0.3 is 11.5 Å². The van der Waals surface area contributed by atoms with Gasteiger partial charge in [-0.1, -0.05) is 23.7 Å². The molecule has 0 radical (unpaired) electrons. The predicted molar refractivity (Wildman–Crippen MR) is 60.3 cm³/mol. The predicted octanol–water partition coefficient (Wildman–Crippen LogP) is 2.36. The molecule has 2 aromatic rings. The lowest BCUT2D eigenvalue weighted by molar-refractivity contribution is 1.37. The third-order valence-corrected chi connectivity index (χ3v) is 2.66. The number of pyridine rings is 1. The highest BCUT2D eigenvalue weighted by atomic mass is 35.5. The van der Waals surface area contributed by atoms with Crippen molar-refractivity contribution in [3.05, 3.63) is 28.8 Å². The second-order valence-corrected chi connectivity index (χ2v) is 3.60. The summed E-state index contributed by atoms with van der Waals surface area (Å²) in [4.78, 5) is 3.97. The minimum absolute atomic E-state index is 0.383. The Morgan fingerprint density at radius 2 is 2.00 bits per heavy atom. The minimum Gasteiger partial charge on any atom is -0.384 e. The summed E-state index contributed by atoms with van der Waals surface area (Å²) in [6, 6.07) is 5.63. The lowest BCUT2D eigenvalue weighted by Crippen LogP contribution is -1.97. The van der Waals surface area contributed by atoms with Crippen LogP contribution in [0.15, 0.2) is 18.2 Å². The normalized spacial score (nSPS) is 10.7. The molecule has 1 aromatic heterocycles. The van der Waals surface area contributed by atoms with Gasteiger partial charge >= 0.3 is 0 Å². The summed E-state index contributed by atoms with van der Waals surface area (Å²) >= 11 is 6.12. The summed E-state index contributed by atoms with van der Waals surface area (Å²) in [6.07, 6.45) is 0. The molecule has 0 saturated carbocycles. The number of benzene rings is 1. The van der Waals surface area contributed by atoms with Crippen molar-refractivity contribution in [3.8, 4) is 0 Å². The van der Waals surface area contributed by atoms with Crippen molar-refractivity contribution in [2.75, 3.05) is 11.5 Å². The molecule has 0 saturated heterocycles. The van der Waals surface area contributed by atoms with Crippen molar-refractivity contribution >= 4 is 34.0 Å². The van der Waals surface area contributed by atoms with Crippen LogP contribution in [0.3, 0.4) is 0 Å². The van der Waals surface area contributed by atoms with Gasteiger partial charge in [-0.05, 0) is 23.9 Å². The second kappa shape index (κ2) is 3.03. The molecule has 3 nitrogen and oxygen atoms in total. The van der Waals surface area contributed by atoms with Crippen molar-refractivity contribution in [2.24, 2.45) is 0 Å². The fraction of sp³-hybridized carbons (Fsp3) is 0.100. The van der Waals surface area contributed by atoms with E-state index in [1.54, 1.807) is 6.07 Å². The minimum atomic E-state index is 0.383. The summed E-state index contributed by atoms with van der Waals surface area (Å²) in [5, 5.41) is 2.35. The molecule has 0 bridgehead atoms. The Bertz CT molecular complexity index is 508. The van der Waals surface area contributed by atoms with Crippen molar-refractivity contribution in [2.45, 2.75) is 6.92 Å². The zero-order chi connectivity index (χ0) is 10.3. The maximum Gasteiger partial charge on any atom is 0.135 e. The number of aryl methyl sites for hydroxylation is 1. The molecule has 1 aromatic carbocycles. The number of rotatable bonds is 0. The molecule has 4 N–H and O–H groups in total. The molecule has 0 amide bonds.